The molecule has 0 aliphatic heterocycles. The van der Waals surface area contributed by atoms with Crippen molar-refractivity contribution in [3.8, 4) is 11.5 Å². The number of carbonyl (C=O) groups excluding carboxylic acids is 2. The van der Waals surface area contributed by atoms with Gasteiger partial charge in [0.05, 0.1) is 24.8 Å². The van der Waals surface area contributed by atoms with Gasteiger partial charge in [0.2, 0.25) is 11.8 Å². The monoisotopic (exact) mass is 557 g/mol. The number of halogens is 1. The van der Waals surface area contributed by atoms with Crippen molar-refractivity contribution < 1.29 is 31.9 Å². The van der Waals surface area contributed by atoms with Gasteiger partial charge in [0, 0.05) is 25.2 Å². The maximum Gasteiger partial charge on any atom is 0.264 e. The minimum atomic E-state index is -4.26. The summed E-state index contributed by atoms with van der Waals surface area (Å²) < 4.78 is 53.8. The molecule has 0 aliphatic carbocycles. The molecule has 0 aromatic heterocycles. The number of sulfonamides is 1. The van der Waals surface area contributed by atoms with Crippen molar-refractivity contribution in [1.29, 1.82) is 0 Å². The SMILES string of the molecule is CNC(=O)C(C)N(Cc1ccccc1F)C(=O)CN(c1ccc(OC)c(OC)c1)S(=O)(=O)c1ccc(C)cc1. The number of nitrogens with one attached hydrogen (secondary N) is 1. The van der Waals surface area contributed by atoms with Crippen LogP contribution < -0.4 is 19.1 Å². The van der Waals surface area contributed by atoms with E-state index < -0.39 is 40.2 Å². The molecule has 2 amide bonds. The standard InChI is InChI=1S/C28H32FN3O6S/c1-19-10-13-23(14-11-19)39(35,36)32(22-12-15-25(37-4)26(16-22)38-5)18-27(33)31(20(2)28(34)30-3)17-21-8-6-7-9-24(21)29/h6-16,20H,17-18H2,1-5H3,(H,30,34). The number of likely N-dealkylation sites (N-methyl/N-ethyl adjacent to an activating group) is 1. The largest absolute Gasteiger partial charge is 0.493 e. The Morgan fingerprint density at radius 1 is 0.974 bits per heavy atom. The molecule has 0 spiro atoms. The average Bonchev–Trinajstić information content (AvgIpc) is 2.94. The first kappa shape index (κ1) is 29.4. The van der Waals surface area contributed by atoms with Crippen molar-refractivity contribution in [2.24, 2.45) is 0 Å². The highest BCUT2D eigenvalue weighted by Gasteiger charge is 2.33. The van der Waals surface area contributed by atoms with E-state index in [0.717, 1.165) is 14.8 Å². The van der Waals surface area contributed by atoms with E-state index in [0.29, 0.717) is 5.75 Å². The number of rotatable bonds is 11. The van der Waals surface area contributed by atoms with Gasteiger partial charge in [-0.1, -0.05) is 35.9 Å². The molecule has 0 heterocycles. The Hall–Kier alpha value is -4.12. The zero-order valence-corrected chi connectivity index (χ0v) is 23.3. The predicted molar refractivity (Wildman–Crippen MR) is 146 cm³/mol. The summed E-state index contributed by atoms with van der Waals surface area (Å²) in [6.07, 6.45) is 0. The topological polar surface area (TPSA) is 105 Å². The molecule has 0 aliphatic rings. The van der Waals surface area contributed by atoms with Crippen LogP contribution in [0.1, 0.15) is 18.1 Å². The smallest absolute Gasteiger partial charge is 0.264 e. The molecular formula is C28H32FN3O6S. The molecule has 1 unspecified atom stereocenters. The Bertz CT molecular complexity index is 1430. The molecule has 0 saturated heterocycles. The summed E-state index contributed by atoms with van der Waals surface area (Å²) in [5, 5.41) is 2.49. The first-order valence-corrected chi connectivity index (χ1v) is 13.5. The fourth-order valence-corrected chi connectivity index (χ4v) is 5.35. The fourth-order valence-electron chi connectivity index (χ4n) is 3.95. The summed E-state index contributed by atoms with van der Waals surface area (Å²) >= 11 is 0. The first-order chi connectivity index (χ1) is 18.5. The molecular weight excluding hydrogens is 525 g/mol. The van der Waals surface area contributed by atoms with Crippen LogP contribution in [0.4, 0.5) is 10.1 Å². The van der Waals surface area contributed by atoms with Gasteiger partial charge < -0.3 is 19.7 Å². The minimum Gasteiger partial charge on any atom is -0.493 e. The number of ether oxygens (including phenoxy) is 2. The van der Waals surface area contributed by atoms with E-state index in [1.807, 2.05) is 6.92 Å². The molecule has 1 atom stereocenters. The third kappa shape index (κ3) is 6.66. The minimum absolute atomic E-state index is 0.0318. The molecule has 39 heavy (non-hydrogen) atoms. The van der Waals surface area contributed by atoms with E-state index >= 15 is 0 Å². The Kier molecular flexibility index (Phi) is 9.52. The van der Waals surface area contributed by atoms with Crippen molar-refractivity contribution in [2.75, 3.05) is 32.1 Å². The second-order valence-electron chi connectivity index (χ2n) is 8.77. The van der Waals surface area contributed by atoms with E-state index in [9.17, 15) is 22.4 Å². The molecule has 0 fully saturated rings. The number of nitrogens with zero attached hydrogens (tertiary/aromatic N) is 2. The molecule has 0 radical (unpaired) electrons. The third-order valence-electron chi connectivity index (χ3n) is 6.26. The first-order valence-electron chi connectivity index (χ1n) is 12.1. The van der Waals surface area contributed by atoms with Gasteiger partial charge in [0.15, 0.2) is 11.5 Å². The van der Waals surface area contributed by atoms with Crippen LogP contribution in [-0.2, 0) is 26.2 Å². The van der Waals surface area contributed by atoms with Gasteiger partial charge in [-0.2, -0.15) is 0 Å². The number of anilines is 1. The van der Waals surface area contributed by atoms with Crippen molar-refractivity contribution >= 4 is 27.5 Å². The number of benzene rings is 3. The molecule has 11 heteroatoms. The van der Waals surface area contributed by atoms with Gasteiger partial charge in [0.25, 0.3) is 10.0 Å². The second-order valence-corrected chi connectivity index (χ2v) is 10.6. The van der Waals surface area contributed by atoms with E-state index in [1.165, 1.54) is 76.7 Å². The lowest BCUT2D eigenvalue weighted by molar-refractivity contribution is -0.139. The average molecular weight is 558 g/mol. The highest BCUT2D eigenvalue weighted by molar-refractivity contribution is 7.92. The van der Waals surface area contributed by atoms with Crippen LogP contribution in [0.2, 0.25) is 0 Å². The van der Waals surface area contributed by atoms with Crippen LogP contribution >= 0.6 is 0 Å². The van der Waals surface area contributed by atoms with E-state index in [2.05, 4.69) is 5.32 Å². The summed E-state index contributed by atoms with van der Waals surface area (Å²) in [6.45, 7) is 2.41. The highest BCUT2D eigenvalue weighted by atomic mass is 32.2. The summed E-state index contributed by atoms with van der Waals surface area (Å²) in [4.78, 5) is 27.4. The second kappa shape index (κ2) is 12.6. The Morgan fingerprint density at radius 2 is 1.62 bits per heavy atom. The lowest BCUT2D eigenvalue weighted by Crippen LogP contribution is -2.50. The van der Waals surface area contributed by atoms with E-state index in [-0.39, 0.29) is 28.4 Å². The zero-order chi connectivity index (χ0) is 28.7. The van der Waals surface area contributed by atoms with Crippen molar-refractivity contribution in [2.45, 2.75) is 31.3 Å². The molecule has 3 aromatic rings. The van der Waals surface area contributed by atoms with E-state index in [4.69, 9.17) is 9.47 Å². The van der Waals surface area contributed by atoms with E-state index in [1.54, 1.807) is 18.2 Å². The van der Waals surface area contributed by atoms with Gasteiger partial charge in [-0.05, 0) is 44.2 Å². The van der Waals surface area contributed by atoms with Gasteiger partial charge in [-0.3, -0.25) is 13.9 Å². The molecule has 0 saturated carbocycles. The van der Waals surface area contributed by atoms with Crippen LogP contribution in [0.25, 0.3) is 0 Å². The molecule has 3 aromatic carbocycles. The highest BCUT2D eigenvalue weighted by Crippen LogP contribution is 2.34. The van der Waals surface area contributed by atoms with Crippen LogP contribution in [-0.4, -0.2) is 59.0 Å². The van der Waals surface area contributed by atoms with Crippen LogP contribution in [0, 0.1) is 12.7 Å². The Morgan fingerprint density at radius 3 is 2.21 bits per heavy atom. The number of carbonyl (C=O) groups is 2. The number of methoxy groups -OCH3 is 2. The fraction of sp³-hybridized carbons (Fsp3) is 0.286. The number of aryl methyl sites for hydroxylation is 1. The molecule has 208 valence electrons. The lowest BCUT2D eigenvalue weighted by atomic mass is 10.1. The zero-order valence-electron chi connectivity index (χ0n) is 22.5. The van der Waals surface area contributed by atoms with Crippen molar-refractivity contribution in [3.05, 3.63) is 83.7 Å². The predicted octanol–water partition coefficient (Wildman–Crippen LogP) is 3.51. The summed E-state index contributed by atoms with van der Waals surface area (Å²) in [5.41, 5.74) is 1.18. The van der Waals surface area contributed by atoms with Crippen molar-refractivity contribution in [1.82, 2.24) is 10.2 Å². The number of hydrogen-bond donors (Lipinski definition) is 1. The summed E-state index contributed by atoms with van der Waals surface area (Å²) in [6, 6.07) is 15.5. The van der Waals surface area contributed by atoms with Gasteiger partial charge in [0.1, 0.15) is 18.4 Å². The Balaban J connectivity index is 2.10. The molecule has 0 bridgehead atoms. The van der Waals surface area contributed by atoms with Gasteiger partial charge in [-0.25, -0.2) is 12.8 Å². The summed E-state index contributed by atoms with van der Waals surface area (Å²) in [7, 11) is 0.0139. The Labute approximate surface area is 228 Å². The molecule has 1 N–H and O–H groups in total. The lowest BCUT2D eigenvalue weighted by Gasteiger charge is -2.32. The normalized spacial score (nSPS) is 11.8. The summed E-state index contributed by atoms with van der Waals surface area (Å²) in [5.74, 6) is -1.12. The third-order valence-corrected chi connectivity index (χ3v) is 8.04. The number of hydrogen-bond acceptors (Lipinski definition) is 6. The molecule has 9 nitrogen and oxygen atoms in total. The maximum absolute atomic E-state index is 14.5. The van der Waals surface area contributed by atoms with Gasteiger partial charge in [-0.15, -0.1) is 0 Å². The quantitative estimate of drug-likeness (QED) is 0.387. The maximum atomic E-state index is 14.5. The van der Waals surface area contributed by atoms with Crippen molar-refractivity contribution in [3.63, 3.8) is 0 Å². The molecule has 3 rings (SSSR count). The van der Waals surface area contributed by atoms with Gasteiger partial charge >= 0.3 is 0 Å². The van der Waals surface area contributed by atoms with Crippen LogP contribution in [0.3, 0.4) is 0 Å². The van der Waals surface area contributed by atoms with Crippen LogP contribution in [0.5, 0.6) is 11.5 Å². The van der Waals surface area contributed by atoms with Crippen LogP contribution in [0.15, 0.2) is 71.6 Å². The number of amides is 2.